The molecule has 6 heteroatoms. The predicted molar refractivity (Wildman–Crippen MR) is 65.2 cm³/mol. The first-order chi connectivity index (χ1) is 7.58. The van der Waals surface area contributed by atoms with Crippen LogP contribution >= 0.6 is 0 Å². The Morgan fingerprint density at radius 1 is 1.24 bits per heavy atom. The van der Waals surface area contributed by atoms with Crippen LogP contribution in [0.4, 0.5) is 4.79 Å². The number of hydrogen-bond donors (Lipinski definition) is 4. The molecule has 0 heterocycles. The third-order valence-corrected chi connectivity index (χ3v) is 2.74. The van der Waals surface area contributed by atoms with Crippen molar-refractivity contribution in [1.29, 1.82) is 0 Å². The summed E-state index contributed by atoms with van der Waals surface area (Å²) in [6.07, 6.45) is -0.701. The molecule has 0 aromatic carbocycles. The Kier molecular flexibility index (Phi) is 5.41. The van der Waals surface area contributed by atoms with Crippen LogP contribution in [0.3, 0.4) is 0 Å². The Bertz CT molecular complexity index is 288. The van der Waals surface area contributed by atoms with Crippen molar-refractivity contribution in [2.75, 3.05) is 0 Å². The second-order valence-electron chi connectivity index (χ2n) is 5.12. The van der Waals surface area contributed by atoms with Crippen molar-refractivity contribution in [1.82, 2.24) is 10.6 Å². The van der Waals surface area contributed by atoms with Gasteiger partial charge in [-0.3, -0.25) is 4.79 Å². The normalized spacial score (nSPS) is 15.2. The van der Waals surface area contributed by atoms with Crippen LogP contribution in [0.1, 0.15) is 34.6 Å². The summed E-state index contributed by atoms with van der Waals surface area (Å²) < 4.78 is 0. The number of amides is 3. The molecule has 0 saturated carbocycles. The lowest BCUT2D eigenvalue weighted by Gasteiger charge is -2.32. The zero-order chi connectivity index (χ0) is 13.8. The SMILES string of the molecule is CC(C)C(NC(N)=O)C(=O)NC(C)(C)C(C)O. The summed E-state index contributed by atoms with van der Waals surface area (Å²) in [5, 5.41) is 14.6. The van der Waals surface area contributed by atoms with Crippen molar-refractivity contribution >= 4 is 11.9 Å². The van der Waals surface area contributed by atoms with E-state index in [1.165, 1.54) is 0 Å². The van der Waals surface area contributed by atoms with Crippen molar-refractivity contribution in [3.63, 3.8) is 0 Å². The third-order valence-electron chi connectivity index (χ3n) is 2.74. The molecular weight excluding hydrogens is 222 g/mol. The van der Waals surface area contributed by atoms with Gasteiger partial charge in [-0.2, -0.15) is 0 Å². The predicted octanol–water partition coefficient (Wildman–Crippen LogP) is -0.0451. The summed E-state index contributed by atoms with van der Waals surface area (Å²) in [6, 6.07) is -1.45. The Morgan fingerprint density at radius 2 is 1.71 bits per heavy atom. The first-order valence-electron chi connectivity index (χ1n) is 5.64. The summed E-state index contributed by atoms with van der Waals surface area (Å²) in [7, 11) is 0. The van der Waals surface area contributed by atoms with E-state index in [0.29, 0.717) is 0 Å². The van der Waals surface area contributed by atoms with Crippen LogP contribution < -0.4 is 16.4 Å². The van der Waals surface area contributed by atoms with E-state index in [4.69, 9.17) is 5.73 Å². The topological polar surface area (TPSA) is 104 Å². The molecule has 0 saturated heterocycles. The van der Waals surface area contributed by atoms with E-state index in [2.05, 4.69) is 10.6 Å². The standard InChI is InChI=1S/C11H23N3O3/c1-6(2)8(13-10(12)17)9(16)14-11(4,5)7(3)15/h6-8,15H,1-5H3,(H,14,16)(H3,12,13,17). The van der Waals surface area contributed by atoms with Gasteiger partial charge >= 0.3 is 6.03 Å². The lowest BCUT2D eigenvalue weighted by atomic mass is 9.96. The van der Waals surface area contributed by atoms with Gasteiger partial charge in [-0.05, 0) is 26.7 Å². The molecule has 0 aliphatic carbocycles. The minimum absolute atomic E-state index is 0.0905. The maximum Gasteiger partial charge on any atom is 0.312 e. The highest BCUT2D eigenvalue weighted by Gasteiger charge is 2.31. The molecule has 0 fully saturated rings. The van der Waals surface area contributed by atoms with Crippen LogP contribution in [0.5, 0.6) is 0 Å². The second kappa shape index (κ2) is 5.86. The molecule has 0 rings (SSSR count). The number of carbonyl (C=O) groups excluding carboxylic acids is 2. The largest absolute Gasteiger partial charge is 0.391 e. The fourth-order valence-electron chi connectivity index (χ4n) is 1.19. The summed E-state index contributed by atoms with van der Waals surface area (Å²) in [5.74, 6) is -0.447. The van der Waals surface area contributed by atoms with Crippen LogP contribution in [0.2, 0.25) is 0 Å². The van der Waals surface area contributed by atoms with Gasteiger partial charge in [0.1, 0.15) is 6.04 Å². The summed E-state index contributed by atoms with van der Waals surface area (Å²) in [5.41, 5.74) is 4.25. The molecule has 0 aliphatic rings. The van der Waals surface area contributed by atoms with Crippen molar-refractivity contribution in [2.45, 2.75) is 52.3 Å². The zero-order valence-corrected chi connectivity index (χ0v) is 11.1. The maximum atomic E-state index is 11.9. The highest BCUT2D eigenvalue weighted by Crippen LogP contribution is 2.10. The molecule has 0 aromatic rings. The Labute approximate surface area is 102 Å². The second-order valence-corrected chi connectivity index (χ2v) is 5.12. The van der Waals surface area contributed by atoms with Gasteiger partial charge in [0.2, 0.25) is 5.91 Å². The lowest BCUT2D eigenvalue weighted by Crippen LogP contribution is -2.59. The minimum Gasteiger partial charge on any atom is -0.391 e. The monoisotopic (exact) mass is 245 g/mol. The molecule has 100 valence electrons. The third kappa shape index (κ3) is 5.04. The smallest absolute Gasteiger partial charge is 0.312 e. The summed E-state index contributed by atoms with van der Waals surface area (Å²) in [6.45, 7) is 8.60. The number of urea groups is 1. The van der Waals surface area contributed by atoms with E-state index in [1.807, 2.05) is 0 Å². The number of primary amides is 1. The molecular formula is C11H23N3O3. The van der Waals surface area contributed by atoms with Gasteiger partial charge < -0.3 is 21.5 Å². The molecule has 3 amide bonds. The zero-order valence-electron chi connectivity index (χ0n) is 11.1. The van der Waals surface area contributed by atoms with Crippen LogP contribution in [0.25, 0.3) is 0 Å². The lowest BCUT2D eigenvalue weighted by molar-refractivity contribution is -0.126. The summed E-state index contributed by atoms with van der Waals surface area (Å²) >= 11 is 0. The molecule has 0 bridgehead atoms. The minimum atomic E-state index is -0.760. The van der Waals surface area contributed by atoms with Crippen LogP contribution in [0, 0.1) is 5.92 Å². The van der Waals surface area contributed by atoms with E-state index >= 15 is 0 Å². The number of aliphatic hydroxyl groups is 1. The number of aliphatic hydroxyl groups excluding tert-OH is 1. The quantitative estimate of drug-likeness (QED) is 0.546. The van der Waals surface area contributed by atoms with Crippen molar-refractivity contribution in [3.8, 4) is 0 Å². The van der Waals surface area contributed by atoms with Gasteiger partial charge in [-0.1, -0.05) is 13.8 Å². The average Bonchev–Trinajstić information content (AvgIpc) is 2.12. The van der Waals surface area contributed by atoms with Gasteiger partial charge in [-0.25, -0.2) is 4.79 Å². The van der Waals surface area contributed by atoms with E-state index in [9.17, 15) is 14.7 Å². The van der Waals surface area contributed by atoms with E-state index in [-0.39, 0.29) is 11.8 Å². The van der Waals surface area contributed by atoms with E-state index < -0.39 is 23.7 Å². The molecule has 0 radical (unpaired) electrons. The number of nitrogens with two attached hydrogens (primary N) is 1. The van der Waals surface area contributed by atoms with Gasteiger partial charge in [0.25, 0.3) is 0 Å². The van der Waals surface area contributed by atoms with E-state index in [1.54, 1.807) is 34.6 Å². The van der Waals surface area contributed by atoms with Gasteiger partial charge in [0.05, 0.1) is 11.6 Å². The van der Waals surface area contributed by atoms with Crippen molar-refractivity contribution < 1.29 is 14.7 Å². The fraction of sp³-hybridized carbons (Fsp3) is 0.818. The molecule has 0 aromatic heterocycles. The van der Waals surface area contributed by atoms with Crippen LogP contribution in [-0.2, 0) is 4.79 Å². The Hall–Kier alpha value is -1.30. The molecule has 5 N–H and O–H groups in total. The fourth-order valence-corrected chi connectivity index (χ4v) is 1.19. The van der Waals surface area contributed by atoms with Crippen molar-refractivity contribution in [3.05, 3.63) is 0 Å². The summed E-state index contributed by atoms with van der Waals surface area (Å²) in [4.78, 5) is 22.7. The van der Waals surface area contributed by atoms with Gasteiger partial charge in [0, 0.05) is 0 Å². The molecule has 6 nitrogen and oxygen atoms in total. The molecule has 0 spiro atoms. The number of rotatable bonds is 5. The number of carbonyl (C=O) groups is 2. The number of hydrogen-bond acceptors (Lipinski definition) is 3. The van der Waals surface area contributed by atoms with Gasteiger partial charge in [-0.15, -0.1) is 0 Å². The highest BCUT2D eigenvalue weighted by molar-refractivity contribution is 5.87. The van der Waals surface area contributed by atoms with Crippen LogP contribution in [0.15, 0.2) is 0 Å². The van der Waals surface area contributed by atoms with E-state index in [0.717, 1.165) is 0 Å². The molecule has 0 aliphatic heterocycles. The number of nitrogens with one attached hydrogen (secondary N) is 2. The van der Waals surface area contributed by atoms with Crippen LogP contribution in [-0.4, -0.2) is 34.7 Å². The average molecular weight is 245 g/mol. The van der Waals surface area contributed by atoms with Crippen molar-refractivity contribution in [2.24, 2.45) is 11.7 Å². The van der Waals surface area contributed by atoms with Gasteiger partial charge in [0.15, 0.2) is 0 Å². The molecule has 2 unspecified atom stereocenters. The molecule has 2 atom stereocenters. The first-order valence-corrected chi connectivity index (χ1v) is 5.64. The first kappa shape index (κ1) is 15.7. The highest BCUT2D eigenvalue weighted by atomic mass is 16.3. The Balaban J connectivity index is 4.70. The molecule has 17 heavy (non-hydrogen) atoms. The Morgan fingerprint density at radius 3 is 2.00 bits per heavy atom. The maximum absolute atomic E-state index is 11.9.